The number of aliphatic hydroxyl groups is 2. The molecule has 0 spiro atoms. The number of fused-ring (bicyclic) bond motifs is 1. The molecule has 2 N–H and O–H groups in total. The van der Waals surface area contributed by atoms with Crippen molar-refractivity contribution in [2.75, 3.05) is 13.2 Å². The summed E-state index contributed by atoms with van der Waals surface area (Å²) in [7, 11) is 0. The van der Waals surface area contributed by atoms with Crippen LogP contribution in [0.25, 0.3) is 22.8 Å². The molecule has 230 valence electrons. The molecule has 0 saturated heterocycles. The van der Waals surface area contributed by atoms with Gasteiger partial charge in [0.2, 0.25) is 0 Å². The first-order valence-corrected chi connectivity index (χ1v) is 15.7. The van der Waals surface area contributed by atoms with Crippen molar-refractivity contribution >= 4 is 0 Å². The summed E-state index contributed by atoms with van der Waals surface area (Å²) >= 11 is 0. The van der Waals surface area contributed by atoms with Crippen LogP contribution < -0.4 is 0 Å². The Balaban J connectivity index is 1.18. The topological polar surface area (TPSA) is 110 Å². The summed E-state index contributed by atoms with van der Waals surface area (Å²) in [6.45, 7) is 4.93. The van der Waals surface area contributed by atoms with Crippen molar-refractivity contribution in [3.8, 4) is 22.8 Å². The predicted octanol–water partition coefficient (Wildman–Crippen LogP) is 5.73. The van der Waals surface area contributed by atoms with E-state index in [4.69, 9.17) is 19.4 Å². The van der Waals surface area contributed by atoms with Crippen LogP contribution in [0.4, 0.5) is 0 Å². The summed E-state index contributed by atoms with van der Waals surface area (Å²) in [5.41, 5.74) is 6.96. The lowest BCUT2D eigenvalue weighted by Gasteiger charge is -2.47. The van der Waals surface area contributed by atoms with Gasteiger partial charge in [-0.25, -0.2) is 9.97 Å². The highest BCUT2D eigenvalue weighted by Gasteiger charge is 2.44. The van der Waals surface area contributed by atoms with E-state index in [0.29, 0.717) is 25.0 Å². The molecule has 0 aliphatic heterocycles. The fourth-order valence-electron chi connectivity index (χ4n) is 6.98. The van der Waals surface area contributed by atoms with Gasteiger partial charge >= 0.3 is 0 Å². The van der Waals surface area contributed by atoms with Gasteiger partial charge in [0.05, 0.1) is 59.6 Å². The number of nitrogens with zero attached hydrogens (tertiary/aromatic N) is 4. The zero-order valence-corrected chi connectivity index (χ0v) is 25.5. The second-order valence-electron chi connectivity index (χ2n) is 12.4. The minimum Gasteiger partial charge on any atom is -0.396 e. The minimum absolute atomic E-state index is 0.113. The van der Waals surface area contributed by atoms with Gasteiger partial charge < -0.3 is 19.7 Å². The van der Waals surface area contributed by atoms with Crippen molar-refractivity contribution in [3.63, 3.8) is 0 Å². The first-order valence-electron chi connectivity index (χ1n) is 15.7. The van der Waals surface area contributed by atoms with Crippen molar-refractivity contribution in [1.29, 1.82) is 0 Å². The van der Waals surface area contributed by atoms with Gasteiger partial charge in [-0.2, -0.15) is 0 Å². The Morgan fingerprint density at radius 3 is 1.32 bits per heavy atom. The molecule has 4 aromatic heterocycles. The third-order valence-electron chi connectivity index (χ3n) is 9.30. The number of aromatic nitrogens is 4. The Labute approximate surface area is 259 Å². The highest BCUT2D eigenvalue weighted by molar-refractivity contribution is 5.55. The van der Waals surface area contributed by atoms with Crippen LogP contribution in [0.5, 0.6) is 0 Å². The molecule has 6 atom stereocenters. The number of rotatable bonds is 10. The predicted molar refractivity (Wildman–Crippen MR) is 168 cm³/mol. The molecule has 0 bridgehead atoms. The van der Waals surface area contributed by atoms with E-state index in [2.05, 4.69) is 9.97 Å². The number of ether oxygens (including phenoxy) is 2. The smallest absolute Gasteiger partial charge is 0.0893 e. The summed E-state index contributed by atoms with van der Waals surface area (Å²) in [6.07, 6.45) is 3.27. The average molecular weight is 595 g/mol. The van der Waals surface area contributed by atoms with Crippen molar-refractivity contribution < 1.29 is 19.7 Å². The molecule has 0 unspecified atom stereocenters. The molecule has 4 heterocycles. The summed E-state index contributed by atoms with van der Waals surface area (Å²) in [6, 6.07) is 23.8. The monoisotopic (exact) mass is 594 g/mol. The fourth-order valence-corrected chi connectivity index (χ4v) is 6.98. The van der Waals surface area contributed by atoms with E-state index >= 15 is 0 Å². The van der Waals surface area contributed by atoms with E-state index < -0.39 is 0 Å². The van der Waals surface area contributed by atoms with Crippen LogP contribution in [-0.4, -0.2) is 55.6 Å². The highest BCUT2D eigenvalue weighted by Crippen LogP contribution is 2.46. The maximum Gasteiger partial charge on any atom is 0.0893 e. The van der Waals surface area contributed by atoms with Crippen LogP contribution in [-0.2, 0) is 22.7 Å². The molecule has 8 nitrogen and oxygen atoms in total. The molecule has 0 aromatic carbocycles. The normalized spacial score (nSPS) is 25.0. The lowest BCUT2D eigenvalue weighted by molar-refractivity contribution is -0.141. The van der Waals surface area contributed by atoms with Crippen LogP contribution >= 0.6 is 0 Å². The third-order valence-corrected chi connectivity index (χ3v) is 9.30. The SMILES string of the molecule is Cc1cccc(-c2cccc(CO[C@@H]3C[C@H]4C[C@H](CO)[C@@H](CO)C[C@H]4C[C@H]3OCc3cccc(-c4cccc(C)n4)n3)n2)n1. The lowest BCUT2D eigenvalue weighted by Crippen LogP contribution is -2.47. The Hall–Kier alpha value is -3.56. The fraction of sp³-hybridized carbons (Fsp3) is 0.444. The van der Waals surface area contributed by atoms with Crippen LogP contribution in [0.3, 0.4) is 0 Å². The average Bonchev–Trinajstić information content (AvgIpc) is 3.05. The molecular weight excluding hydrogens is 552 g/mol. The zero-order chi connectivity index (χ0) is 30.5. The molecule has 0 radical (unpaired) electrons. The summed E-state index contributed by atoms with van der Waals surface area (Å²) in [4.78, 5) is 19.0. The maximum absolute atomic E-state index is 10.0. The number of pyridine rings is 4. The number of hydrogen-bond donors (Lipinski definition) is 2. The molecule has 2 fully saturated rings. The molecule has 8 heteroatoms. The summed E-state index contributed by atoms with van der Waals surface area (Å²) in [5, 5.41) is 20.1. The first kappa shape index (κ1) is 30.5. The van der Waals surface area contributed by atoms with E-state index in [9.17, 15) is 10.2 Å². The molecule has 44 heavy (non-hydrogen) atoms. The maximum atomic E-state index is 10.0. The molecule has 6 rings (SSSR count). The second-order valence-corrected chi connectivity index (χ2v) is 12.4. The van der Waals surface area contributed by atoms with E-state index in [1.165, 1.54) is 0 Å². The number of aliphatic hydroxyl groups excluding tert-OH is 2. The third kappa shape index (κ3) is 7.21. The Bertz CT molecular complexity index is 1430. The van der Waals surface area contributed by atoms with Gasteiger partial charge in [-0.05, 0) is 112 Å². The minimum atomic E-state index is -0.120. The first-order chi connectivity index (χ1) is 21.5. The zero-order valence-electron chi connectivity index (χ0n) is 25.5. The standard InChI is InChI=1S/C36H42N4O4/c1-23-7-3-11-31(37-23)33-13-5-9-29(39-33)21-43-35-17-25-15-27(19-41)28(20-42)16-26(25)18-36(35)44-22-30-10-6-14-34(40-30)32-12-4-8-24(2)38-32/h3-14,25-28,35-36,41-42H,15-22H2,1-2H3/t25-,26+,27-,28-,35-,36-/m1/s1. The Kier molecular flexibility index (Phi) is 9.72. The van der Waals surface area contributed by atoms with E-state index in [0.717, 1.165) is 71.2 Å². The van der Waals surface area contributed by atoms with Gasteiger partial charge in [0.25, 0.3) is 0 Å². The van der Waals surface area contributed by atoms with Crippen LogP contribution in [0.15, 0.2) is 72.8 Å². The van der Waals surface area contributed by atoms with Gasteiger partial charge in [0.1, 0.15) is 0 Å². The van der Waals surface area contributed by atoms with E-state index in [1.54, 1.807) is 0 Å². The molecule has 2 aliphatic carbocycles. The molecule has 4 aromatic rings. The van der Waals surface area contributed by atoms with Crippen LogP contribution in [0.2, 0.25) is 0 Å². The van der Waals surface area contributed by atoms with Gasteiger partial charge in [-0.1, -0.05) is 24.3 Å². The van der Waals surface area contributed by atoms with Gasteiger partial charge in [-0.3, -0.25) is 9.97 Å². The summed E-state index contributed by atoms with van der Waals surface area (Å²) in [5.74, 6) is 1.09. The van der Waals surface area contributed by atoms with E-state index in [-0.39, 0.29) is 37.3 Å². The van der Waals surface area contributed by atoms with Gasteiger partial charge in [0.15, 0.2) is 0 Å². The van der Waals surface area contributed by atoms with Crippen molar-refractivity contribution in [2.45, 2.75) is 65.0 Å². The quantitative estimate of drug-likeness (QED) is 0.240. The van der Waals surface area contributed by atoms with Crippen molar-refractivity contribution in [1.82, 2.24) is 19.9 Å². The van der Waals surface area contributed by atoms with Gasteiger partial charge in [-0.15, -0.1) is 0 Å². The van der Waals surface area contributed by atoms with E-state index in [1.807, 2.05) is 86.6 Å². The summed E-state index contributed by atoms with van der Waals surface area (Å²) < 4.78 is 13.2. The lowest BCUT2D eigenvalue weighted by atomic mass is 9.62. The van der Waals surface area contributed by atoms with Crippen molar-refractivity contribution in [3.05, 3.63) is 95.6 Å². The van der Waals surface area contributed by atoms with Crippen LogP contribution in [0.1, 0.15) is 48.5 Å². The molecule has 2 saturated carbocycles. The molecular formula is C36H42N4O4. The van der Waals surface area contributed by atoms with Crippen LogP contribution in [0, 0.1) is 37.5 Å². The second kappa shape index (κ2) is 14.0. The number of hydrogen-bond acceptors (Lipinski definition) is 8. The molecule has 2 aliphatic rings. The van der Waals surface area contributed by atoms with Gasteiger partial charge in [0, 0.05) is 24.6 Å². The molecule has 0 amide bonds. The van der Waals surface area contributed by atoms with Crippen molar-refractivity contribution in [2.24, 2.45) is 23.7 Å². The Morgan fingerprint density at radius 1 is 0.545 bits per heavy atom. The largest absolute Gasteiger partial charge is 0.396 e. The highest BCUT2D eigenvalue weighted by atomic mass is 16.5. The Morgan fingerprint density at radius 2 is 0.932 bits per heavy atom. The number of aryl methyl sites for hydroxylation is 2.